The van der Waals surface area contributed by atoms with E-state index in [4.69, 9.17) is 10.6 Å². The first-order valence-corrected chi connectivity index (χ1v) is 11.7. The van der Waals surface area contributed by atoms with Crippen LogP contribution in [0.25, 0.3) is 0 Å². The van der Waals surface area contributed by atoms with E-state index in [0.29, 0.717) is 5.82 Å². The average Bonchev–Trinajstić information content (AvgIpc) is 2.84. The summed E-state index contributed by atoms with van der Waals surface area (Å²) >= 11 is 0. The molecule has 0 aromatic carbocycles. The molecule has 0 bridgehead atoms. The summed E-state index contributed by atoms with van der Waals surface area (Å²) in [4.78, 5) is 31.5. The summed E-state index contributed by atoms with van der Waals surface area (Å²) in [5.41, 5.74) is 8.40. The second-order valence-corrected chi connectivity index (χ2v) is 9.37. The van der Waals surface area contributed by atoms with Gasteiger partial charge in [0, 0.05) is 43.4 Å². The number of carbonyl (C=O) groups excluding carboxylic acids is 1. The van der Waals surface area contributed by atoms with E-state index in [2.05, 4.69) is 31.8 Å². The Bertz CT molecular complexity index is 964. The van der Waals surface area contributed by atoms with Gasteiger partial charge in [0.05, 0.1) is 5.69 Å². The van der Waals surface area contributed by atoms with Crippen molar-refractivity contribution in [2.75, 3.05) is 39.0 Å². The first-order chi connectivity index (χ1) is 16.0. The van der Waals surface area contributed by atoms with E-state index < -0.39 is 0 Å². The minimum Gasteiger partial charge on any atom is -0.399 e. The molecule has 2 aromatic rings. The van der Waals surface area contributed by atoms with Crippen molar-refractivity contribution in [3.05, 3.63) is 54.0 Å². The van der Waals surface area contributed by atoms with Gasteiger partial charge in [-0.05, 0) is 68.6 Å². The van der Waals surface area contributed by atoms with E-state index >= 15 is 0 Å². The highest BCUT2D eigenvalue weighted by Crippen LogP contribution is 2.35. The number of oxime groups is 1. The number of nitrogens with two attached hydrogens (primary N) is 1. The number of anilines is 1. The molecule has 2 fully saturated rings. The van der Waals surface area contributed by atoms with E-state index in [1.54, 1.807) is 19.5 Å². The van der Waals surface area contributed by atoms with E-state index in [1.165, 1.54) is 5.56 Å². The zero-order valence-corrected chi connectivity index (χ0v) is 19.6. The minimum atomic E-state index is -0.301. The van der Waals surface area contributed by atoms with Crippen molar-refractivity contribution in [1.82, 2.24) is 19.8 Å². The smallest absolute Gasteiger partial charge is 0.228 e. The summed E-state index contributed by atoms with van der Waals surface area (Å²) in [6, 6.07) is 9.75. The normalized spacial score (nSPS) is 19.9. The van der Waals surface area contributed by atoms with Crippen molar-refractivity contribution in [2.24, 2.45) is 16.5 Å². The van der Waals surface area contributed by atoms with E-state index in [0.717, 1.165) is 69.8 Å². The van der Waals surface area contributed by atoms with Crippen molar-refractivity contribution in [1.29, 1.82) is 0 Å². The second-order valence-electron chi connectivity index (χ2n) is 9.37. The average molecular weight is 451 g/mol. The molecule has 0 unspecified atom stereocenters. The van der Waals surface area contributed by atoms with Gasteiger partial charge < -0.3 is 15.5 Å². The third kappa shape index (κ3) is 5.50. The third-order valence-corrected chi connectivity index (χ3v) is 7.01. The van der Waals surface area contributed by atoms with Crippen molar-refractivity contribution in [3.8, 4) is 0 Å². The lowest BCUT2D eigenvalue weighted by Crippen LogP contribution is -2.51. The van der Waals surface area contributed by atoms with E-state index in [9.17, 15) is 4.79 Å². The summed E-state index contributed by atoms with van der Waals surface area (Å²) in [5, 5.41) is 4.27. The number of hydrogen-bond donors (Lipinski definition) is 1. The maximum atomic E-state index is 13.5. The molecular formula is C25H34N6O2. The number of aromatic nitrogens is 2. The maximum Gasteiger partial charge on any atom is 0.228 e. The highest BCUT2D eigenvalue weighted by Gasteiger charge is 2.40. The Morgan fingerprint density at radius 1 is 1.15 bits per heavy atom. The molecule has 8 heteroatoms. The van der Waals surface area contributed by atoms with Gasteiger partial charge in [-0.15, -0.1) is 0 Å². The molecule has 2 aliphatic heterocycles. The van der Waals surface area contributed by atoms with Gasteiger partial charge in [0.1, 0.15) is 18.6 Å². The first-order valence-electron chi connectivity index (χ1n) is 11.7. The lowest BCUT2D eigenvalue weighted by molar-refractivity contribution is -0.145. The summed E-state index contributed by atoms with van der Waals surface area (Å²) in [7, 11) is 1.57. The third-order valence-electron chi connectivity index (χ3n) is 7.01. The molecule has 2 aliphatic rings. The fraction of sp³-hybridized carbons (Fsp3) is 0.520. The SMILES string of the molecule is CO/N=C(/c1ccccn1)C1CCN(C(=O)C2(C)CCN(Cc3ccnc(N)c3)CC2)CC1. The number of nitrogens with zero attached hydrogens (tertiary/aromatic N) is 5. The molecule has 4 heterocycles. The van der Waals surface area contributed by atoms with Gasteiger partial charge in [-0.25, -0.2) is 4.98 Å². The number of pyridine rings is 2. The van der Waals surface area contributed by atoms with Crippen LogP contribution in [0.4, 0.5) is 5.82 Å². The number of piperidine rings is 2. The molecule has 0 radical (unpaired) electrons. The van der Waals surface area contributed by atoms with Crippen LogP contribution in [0.1, 0.15) is 43.9 Å². The quantitative estimate of drug-likeness (QED) is 0.537. The van der Waals surface area contributed by atoms with Crippen LogP contribution in [0.15, 0.2) is 47.9 Å². The molecule has 2 aromatic heterocycles. The van der Waals surface area contributed by atoms with Crippen molar-refractivity contribution in [3.63, 3.8) is 0 Å². The first kappa shape index (κ1) is 23.2. The lowest BCUT2D eigenvalue weighted by Gasteiger charge is -2.43. The predicted molar refractivity (Wildman–Crippen MR) is 128 cm³/mol. The van der Waals surface area contributed by atoms with Crippen LogP contribution in [0, 0.1) is 11.3 Å². The Balaban J connectivity index is 1.31. The number of rotatable bonds is 6. The molecule has 176 valence electrons. The van der Waals surface area contributed by atoms with Crippen molar-refractivity contribution < 1.29 is 9.63 Å². The zero-order chi connectivity index (χ0) is 23.3. The number of hydrogen-bond acceptors (Lipinski definition) is 7. The van der Waals surface area contributed by atoms with Crippen LogP contribution in [0.2, 0.25) is 0 Å². The molecule has 1 amide bonds. The molecule has 0 saturated carbocycles. The molecule has 2 N–H and O–H groups in total. The fourth-order valence-electron chi connectivity index (χ4n) is 4.95. The van der Waals surface area contributed by atoms with Gasteiger partial charge >= 0.3 is 0 Å². The summed E-state index contributed by atoms with van der Waals surface area (Å²) in [6.45, 7) is 6.28. The Kier molecular flexibility index (Phi) is 7.23. The second kappa shape index (κ2) is 10.3. The highest BCUT2D eigenvalue weighted by atomic mass is 16.6. The van der Waals surface area contributed by atoms with Crippen LogP contribution in [-0.2, 0) is 16.2 Å². The lowest BCUT2D eigenvalue weighted by atomic mass is 9.78. The molecule has 0 atom stereocenters. The fourth-order valence-corrected chi connectivity index (χ4v) is 4.95. The maximum absolute atomic E-state index is 13.5. The molecule has 0 spiro atoms. The molecule has 8 nitrogen and oxygen atoms in total. The minimum absolute atomic E-state index is 0.242. The molecule has 0 aliphatic carbocycles. The number of amides is 1. The topological polar surface area (TPSA) is 96.9 Å². The van der Waals surface area contributed by atoms with Gasteiger partial charge in [-0.2, -0.15) is 0 Å². The number of nitrogen functional groups attached to an aromatic ring is 1. The summed E-state index contributed by atoms with van der Waals surface area (Å²) in [6.07, 6.45) is 7.01. The van der Waals surface area contributed by atoms with Crippen LogP contribution < -0.4 is 5.73 Å². The Hall–Kier alpha value is -3.00. The van der Waals surface area contributed by atoms with Gasteiger partial charge in [-0.1, -0.05) is 18.1 Å². The zero-order valence-electron chi connectivity index (χ0n) is 19.6. The van der Waals surface area contributed by atoms with Crippen LogP contribution in [-0.4, -0.2) is 64.7 Å². The Labute approximate surface area is 195 Å². The van der Waals surface area contributed by atoms with Gasteiger partial charge in [0.25, 0.3) is 0 Å². The van der Waals surface area contributed by atoms with E-state index in [-0.39, 0.29) is 17.2 Å². The van der Waals surface area contributed by atoms with Gasteiger partial charge in [-0.3, -0.25) is 14.7 Å². The largest absolute Gasteiger partial charge is 0.399 e. The van der Waals surface area contributed by atoms with Crippen LogP contribution >= 0.6 is 0 Å². The van der Waals surface area contributed by atoms with Crippen LogP contribution in [0.3, 0.4) is 0 Å². The number of carbonyl (C=O) groups is 1. The van der Waals surface area contributed by atoms with Gasteiger partial charge in [0.15, 0.2) is 0 Å². The van der Waals surface area contributed by atoms with E-state index in [1.807, 2.05) is 30.3 Å². The van der Waals surface area contributed by atoms with Crippen LogP contribution in [0.5, 0.6) is 0 Å². The van der Waals surface area contributed by atoms with Crippen molar-refractivity contribution in [2.45, 2.75) is 39.2 Å². The molecular weight excluding hydrogens is 416 g/mol. The molecule has 33 heavy (non-hydrogen) atoms. The van der Waals surface area contributed by atoms with Gasteiger partial charge in [0.2, 0.25) is 5.91 Å². The number of likely N-dealkylation sites (tertiary alicyclic amines) is 2. The summed E-state index contributed by atoms with van der Waals surface area (Å²) < 4.78 is 0. The Morgan fingerprint density at radius 2 is 1.91 bits per heavy atom. The summed E-state index contributed by atoms with van der Waals surface area (Å²) in [5.74, 6) is 1.08. The Morgan fingerprint density at radius 3 is 2.55 bits per heavy atom. The monoisotopic (exact) mass is 450 g/mol. The molecule has 4 rings (SSSR count). The predicted octanol–water partition coefficient (Wildman–Crippen LogP) is 2.95. The standard InChI is InChI=1S/C25H34N6O2/c1-25(9-15-30(16-10-25)18-19-6-12-28-22(26)17-19)24(32)31-13-7-20(8-14-31)23(29-33-2)21-5-3-4-11-27-21/h3-6,11-12,17,20H,7-10,13-16,18H2,1-2H3,(H2,26,28)/b29-23+. The van der Waals surface area contributed by atoms with Crippen molar-refractivity contribution >= 4 is 17.4 Å². The highest BCUT2D eigenvalue weighted by molar-refractivity contribution is 6.00. The molecule has 2 saturated heterocycles.